The molecule has 0 aromatic heterocycles. The van der Waals surface area contributed by atoms with E-state index in [1.54, 1.807) is 12.1 Å². The highest BCUT2D eigenvalue weighted by molar-refractivity contribution is 7.46. The lowest BCUT2D eigenvalue weighted by Gasteiger charge is -2.06. The monoisotopic (exact) mass is 270 g/mol. The zero-order chi connectivity index (χ0) is 13.4. The molecule has 6 heteroatoms. The van der Waals surface area contributed by atoms with E-state index in [2.05, 4.69) is 11.1 Å². The van der Waals surface area contributed by atoms with Crippen LogP contribution >= 0.6 is 7.82 Å². The molecule has 98 valence electrons. The Labute approximate surface area is 106 Å². The van der Waals surface area contributed by atoms with Gasteiger partial charge in [-0.25, -0.2) is 4.57 Å². The molecule has 0 heterocycles. The molecule has 0 fully saturated rings. The van der Waals surface area contributed by atoms with Crippen LogP contribution in [0.2, 0.25) is 0 Å². The lowest BCUT2D eigenvalue weighted by Crippen LogP contribution is -1.92. The van der Waals surface area contributed by atoms with E-state index in [9.17, 15) is 4.57 Å². The minimum atomic E-state index is -4.42. The van der Waals surface area contributed by atoms with Gasteiger partial charge < -0.3 is 14.5 Å². The summed E-state index contributed by atoms with van der Waals surface area (Å²) in [4.78, 5) is 16.9. The first kappa shape index (κ1) is 14.7. The van der Waals surface area contributed by atoms with Crippen molar-refractivity contribution in [2.75, 3.05) is 6.61 Å². The molecule has 0 amide bonds. The van der Waals surface area contributed by atoms with E-state index in [4.69, 9.17) is 14.5 Å². The molecule has 1 aromatic rings. The van der Waals surface area contributed by atoms with Crippen molar-refractivity contribution < 1.29 is 23.6 Å². The Morgan fingerprint density at radius 3 is 2.72 bits per heavy atom. The SMILES string of the molecule is C=CCc1ccccc1OC=CCOP(=O)(O)O. The number of benzene rings is 1. The molecular weight excluding hydrogens is 255 g/mol. The van der Waals surface area contributed by atoms with Crippen LogP contribution in [-0.2, 0) is 15.5 Å². The molecule has 2 N–H and O–H groups in total. The van der Waals surface area contributed by atoms with Crippen molar-refractivity contribution >= 4 is 7.82 Å². The topological polar surface area (TPSA) is 76.0 Å². The molecule has 0 bridgehead atoms. The van der Waals surface area contributed by atoms with Crippen molar-refractivity contribution in [1.29, 1.82) is 0 Å². The molecule has 1 rings (SSSR count). The molecule has 0 spiro atoms. The van der Waals surface area contributed by atoms with Gasteiger partial charge in [0, 0.05) is 0 Å². The highest BCUT2D eigenvalue weighted by Gasteiger charge is 2.11. The second kappa shape index (κ2) is 7.13. The summed E-state index contributed by atoms with van der Waals surface area (Å²) in [7, 11) is -4.42. The summed E-state index contributed by atoms with van der Waals surface area (Å²) in [6.07, 6.45) is 5.16. The lowest BCUT2D eigenvalue weighted by atomic mass is 10.1. The number of hydrogen-bond acceptors (Lipinski definition) is 3. The quantitative estimate of drug-likeness (QED) is 0.452. The number of phosphoric ester groups is 1. The van der Waals surface area contributed by atoms with Crippen LogP contribution < -0.4 is 4.74 Å². The summed E-state index contributed by atoms with van der Waals surface area (Å²) in [6, 6.07) is 7.44. The van der Waals surface area contributed by atoms with Crippen molar-refractivity contribution in [3.8, 4) is 5.75 Å². The molecule has 0 aliphatic rings. The molecule has 0 aliphatic heterocycles. The minimum absolute atomic E-state index is 0.214. The fourth-order valence-corrected chi connectivity index (χ4v) is 1.52. The normalized spacial score (nSPS) is 11.7. The van der Waals surface area contributed by atoms with E-state index < -0.39 is 7.82 Å². The van der Waals surface area contributed by atoms with Gasteiger partial charge in [0.25, 0.3) is 0 Å². The zero-order valence-corrected chi connectivity index (χ0v) is 10.6. The van der Waals surface area contributed by atoms with Crippen LogP contribution in [0.3, 0.4) is 0 Å². The van der Waals surface area contributed by atoms with Crippen LogP contribution in [0.1, 0.15) is 5.56 Å². The smallest absolute Gasteiger partial charge is 0.465 e. The first-order chi connectivity index (χ1) is 8.53. The van der Waals surface area contributed by atoms with Crippen LogP contribution in [-0.4, -0.2) is 16.4 Å². The predicted octanol–water partition coefficient (Wildman–Crippen LogP) is 2.42. The number of ether oxygens (including phenoxy) is 1. The van der Waals surface area contributed by atoms with Crippen molar-refractivity contribution in [1.82, 2.24) is 0 Å². The summed E-state index contributed by atoms with van der Waals surface area (Å²) in [5.41, 5.74) is 0.980. The summed E-state index contributed by atoms with van der Waals surface area (Å²) >= 11 is 0. The van der Waals surface area contributed by atoms with Gasteiger partial charge in [-0.3, -0.25) is 4.52 Å². The molecule has 0 saturated carbocycles. The maximum atomic E-state index is 10.4. The van der Waals surface area contributed by atoms with Gasteiger partial charge in [0.15, 0.2) is 0 Å². The van der Waals surface area contributed by atoms with Crippen molar-refractivity contribution in [3.05, 3.63) is 54.8 Å². The van der Waals surface area contributed by atoms with Gasteiger partial charge in [-0.15, -0.1) is 6.58 Å². The number of hydrogen-bond donors (Lipinski definition) is 2. The third-order valence-corrected chi connectivity index (χ3v) is 2.45. The Bertz CT molecular complexity index is 463. The van der Waals surface area contributed by atoms with E-state index in [0.29, 0.717) is 12.2 Å². The fourth-order valence-electron chi connectivity index (χ4n) is 1.24. The average Bonchev–Trinajstić information content (AvgIpc) is 2.29. The van der Waals surface area contributed by atoms with Crippen LogP contribution in [0.5, 0.6) is 5.75 Å². The van der Waals surface area contributed by atoms with Crippen LogP contribution in [0.25, 0.3) is 0 Å². The minimum Gasteiger partial charge on any atom is -0.465 e. The van der Waals surface area contributed by atoms with Crippen molar-refractivity contribution in [2.24, 2.45) is 0 Å². The van der Waals surface area contributed by atoms with E-state index >= 15 is 0 Å². The first-order valence-corrected chi connectivity index (χ1v) is 6.76. The highest BCUT2D eigenvalue weighted by atomic mass is 31.2. The highest BCUT2D eigenvalue weighted by Crippen LogP contribution is 2.35. The molecule has 18 heavy (non-hydrogen) atoms. The van der Waals surface area contributed by atoms with Crippen molar-refractivity contribution in [3.63, 3.8) is 0 Å². The van der Waals surface area contributed by atoms with E-state index in [-0.39, 0.29) is 6.61 Å². The lowest BCUT2D eigenvalue weighted by molar-refractivity contribution is 0.215. The summed E-state index contributed by atoms with van der Waals surface area (Å²) in [6.45, 7) is 3.44. The Morgan fingerprint density at radius 2 is 2.06 bits per heavy atom. The Balaban J connectivity index is 2.50. The molecule has 0 unspecified atom stereocenters. The van der Waals surface area contributed by atoms with Gasteiger partial charge in [0.2, 0.25) is 0 Å². The summed E-state index contributed by atoms with van der Waals surface area (Å²) in [5, 5.41) is 0. The van der Waals surface area contributed by atoms with E-state index in [1.165, 1.54) is 12.3 Å². The molecule has 1 aromatic carbocycles. The Kier molecular flexibility index (Phi) is 5.82. The third-order valence-electron chi connectivity index (χ3n) is 1.97. The van der Waals surface area contributed by atoms with Gasteiger partial charge in [-0.05, 0) is 24.1 Å². The molecule has 5 nitrogen and oxygen atoms in total. The van der Waals surface area contributed by atoms with Crippen LogP contribution in [0, 0.1) is 0 Å². The number of para-hydroxylation sites is 1. The number of phosphoric acid groups is 1. The van der Waals surface area contributed by atoms with Crippen molar-refractivity contribution in [2.45, 2.75) is 6.42 Å². The third kappa shape index (κ3) is 5.80. The van der Waals surface area contributed by atoms with E-state index in [0.717, 1.165) is 5.56 Å². The van der Waals surface area contributed by atoms with Gasteiger partial charge in [0.1, 0.15) is 5.75 Å². The standard InChI is InChI=1S/C12H15O5P/c1-2-6-11-7-3-4-8-12(11)16-9-5-10-17-18(13,14)15/h2-5,7-9H,1,6,10H2,(H2,13,14,15). The summed E-state index contributed by atoms with van der Waals surface area (Å²) < 4.78 is 20.0. The molecular formula is C12H15O5P. The van der Waals surface area contributed by atoms with Gasteiger partial charge in [-0.2, -0.15) is 0 Å². The molecule has 0 aliphatic carbocycles. The largest absolute Gasteiger partial charge is 0.469 e. The molecule has 0 saturated heterocycles. The maximum absolute atomic E-state index is 10.4. The zero-order valence-electron chi connectivity index (χ0n) is 9.73. The first-order valence-electron chi connectivity index (χ1n) is 5.23. The maximum Gasteiger partial charge on any atom is 0.469 e. The average molecular weight is 270 g/mol. The number of rotatable bonds is 7. The second-order valence-corrected chi connectivity index (χ2v) is 4.62. The Hall–Kier alpha value is -1.39. The van der Waals surface area contributed by atoms with Gasteiger partial charge in [-0.1, -0.05) is 24.3 Å². The van der Waals surface area contributed by atoms with Gasteiger partial charge >= 0.3 is 7.82 Å². The molecule has 0 atom stereocenters. The predicted molar refractivity (Wildman–Crippen MR) is 68.1 cm³/mol. The van der Waals surface area contributed by atoms with Crippen LogP contribution in [0.4, 0.5) is 0 Å². The fraction of sp³-hybridized carbons (Fsp3) is 0.167. The van der Waals surface area contributed by atoms with Gasteiger partial charge in [0.05, 0.1) is 12.9 Å². The van der Waals surface area contributed by atoms with E-state index in [1.807, 2.05) is 18.2 Å². The number of allylic oxidation sites excluding steroid dienone is 1. The summed E-state index contributed by atoms with van der Waals surface area (Å²) in [5.74, 6) is 0.671. The Morgan fingerprint density at radius 1 is 1.33 bits per heavy atom. The molecule has 0 radical (unpaired) electrons. The second-order valence-electron chi connectivity index (χ2n) is 3.38. The van der Waals surface area contributed by atoms with Crippen LogP contribution in [0.15, 0.2) is 49.3 Å².